The summed E-state index contributed by atoms with van der Waals surface area (Å²) in [5, 5.41) is 5.30. The molecule has 0 amide bonds. The molecule has 2 N–H and O–H groups in total. The van der Waals surface area contributed by atoms with E-state index < -0.39 is 0 Å². The van der Waals surface area contributed by atoms with E-state index in [1.807, 2.05) is 43.1 Å². The Labute approximate surface area is 185 Å². The van der Waals surface area contributed by atoms with Crippen LogP contribution in [0.1, 0.15) is 18.4 Å². The first-order valence-electron chi connectivity index (χ1n) is 10.1. The molecule has 4 aromatic rings. The van der Waals surface area contributed by atoms with Crippen molar-refractivity contribution in [3.8, 4) is 11.8 Å². The van der Waals surface area contributed by atoms with Crippen LogP contribution in [0, 0.1) is 18.8 Å². The lowest BCUT2D eigenvalue weighted by Crippen LogP contribution is -2.28. The number of benzene rings is 1. The molecule has 0 aliphatic carbocycles. The molecule has 0 bridgehead atoms. The van der Waals surface area contributed by atoms with Gasteiger partial charge in [0.1, 0.15) is 17.6 Å². The standard InChI is InChI=1S/C23H24N8O/c1-5-6-11-30-21-19(28-23(30)29(4)13-15(2)24)12-25-31(22(21)32)14-20-26-16(3)17-9-7-8-10-18(17)27-20/h7-10,12H,2,11,13-14,24H2,1,3-4H3. The monoisotopic (exact) mass is 428 g/mol. The minimum Gasteiger partial charge on any atom is -0.401 e. The van der Waals surface area contributed by atoms with Crippen LogP contribution in [-0.4, -0.2) is 42.9 Å². The largest absolute Gasteiger partial charge is 0.401 e. The highest BCUT2D eigenvalue weighted by atomic mass is 16.1. The van der Waals surface area contributed by atoms with Crippen molar-refractivity contribution >= 4 is 27.9 Å². The fourth-order valence-electron chi connectivity index (χ4n) is 3.66. The SMILES string of the molecule is C=C(N)CN(C)c1nc2cnn(Cc3nc(C)c4ccccc4n3)c(=O)c2n1CC#CC. The number of anilines is 1. The second kappa shape index (κ2) is 8.51. The van der Waals surface area contributed by atoms with Crippen molar-refractivity contribution in [3.05, 3.63) is 64.6 Å². The number of rotatable bonds is 6. The molecule has 9 nitrogen and oxygen atoms in total. The van der Waals surface area contributed by atoms with Gasteiger partial charge in [0.25, 0.3) is 5.56 Å². The average molecular weight is 429 g/mol. The van der Waals surface area contributed by atoms with Crippen LogP contribution in [0.3, 0.4) is 0 Å². The lowest BCUT2D eigenvalue weighted by Gasteiger charge is -2.18. The Morgan fingerprint density at radius 2 is 2.00 bits per heavy atom. The normalized spacial score (nSPS) is 10.8. The Morgan fingerprint density at radius 1 is 1.22 bits per heavy atom. The number of hydrogen-bond donors (Lipinski definition) is 1. The van der Waals surface area contributed by atoms with E-state index in [1.54, 1.807) is 17.7 Å². The summed E-state index contributed by atoms with van der Waals surface area (Å²) in [5.41, 5.74) is 8.58. The molecule has 3 aromatic heterocycles. The van der Waals surface area contributed by atoms with Gasteiger partial charge in [0.05, 0.1) is 24.8 Å². The van der Waals surface area contributed by atoms with E-state index in [4.69, 9.17) is 5.73 Å². The van der Waals surface area contributed by atoms with Gasteiger partial charge in [-0.2, -0.15) is 5.10 Å². The summed E-state index contributed by atoms with van der Waals surface area (Å²) in [5.74, 6) is 6.98. The van der Waals surface area contributed by atoms with E-state index in [9.17, 15) is 4.79 Å². The third-order valence-corrected chi connectivity index (χ3v) is 5.06. The van der Waals surface area contributed by atoms with Crippen LogP contribution in [0.25, 0.3) is 21.9 Å². The molecule has 0 fully saturated rings. The van der Waals surface area contributed by atoms with Crippen LogP contribution in [0.5, 0.6) is 0 Å². The number of imidazole rings is 1. The molecule has 0 radical (unpaired) electrons. The molecule has 4 rings (SSSR count). The van der Waals surface area contributed by atoms with Crippen molar-refractivity contribution in [2.24, 2.45) is 5.73 Å². The third kappa shape index (κ3) is 3.90. The predicted octanol–water partition coefficient (Wildman–Crippen LogP) is 1.82. The number of nitrogens with zero attached hydrogens (tertiary/aromatic N) is 7. The summed E-state index contributed by atoms with van der Waals surface area (Å²) in [6.45, 7) is 8.30. The zero-order valence-corrected chi connectivity index (χ0v) is 18.3. The van der Waals surface area contributed by atoms with Crippen LogP contribution in [0.4, 0.5) is 5.95 Å². The number of likely N-dealkylation sites (N-methyl/N-ethyl adjacent to an activating group) is 1. The molecule has 9 heteroatoms. The summed E-state index contributed by atoms with van der Waals surface area (Å²) in [6, 6.07) is 7.79. The number of aromatic nitrogens is 6. The average Bonchev–Trinajstić information content (AvgIpc) is 3.13. The van der Waals surface area contributed by atoms with Crippen molar-refractivity contribution < 1.29 is 0 Å². The molecule has 0 unspecified atom stereocenters. The van der Waals surface area contributed by atoms with E-state index in [1.165, 1.54) is 4.68 Å². The Kier molecular flexibility index (Phi) is 5.60. The van der Waals surface area contributed by atoms with Gasteiger partial charge in [-0.25, -0.2) is 19.6 Å². The van der Waals surface area contributed by atoms with Gasteiger partial charge in [-0.05, 0) is 19.9 Å². The summed E-state index contributed by atoms with van der Waals surface area (Å²) < 4.78 is 3.14. The van der Waals surface area contributed by atoms with Gasteiger partial charge in [-0.1, -0.05) is 30.7 Å². The van der Waals surface area contributed by atoms with Gasteiger partial charge in [-0.15, -0.1) is 5.92 Å². The Balaban J connectivity index is 1.81. The maximum Gasteiger partial charge on any atom is 0.293 e. The quantitative estimate of drug-likeness (QED) is 0.467. The van der Waals surface area contributed by atoms with E-state index in [2.05, 4.69) is 38.5 Å². The Hall–Kier alpha value is -4.19. The molecular weight excluding hydrogens is 404 g/mol. The minimum absolute atomic E-state index is 0.149. The summed E-state index contributed by atoms with van der Waals surface area (Å²) >= 11 is 0. The number of fused-ring (bicyclic) bond motifs is 2. The van der Waals surface area contributed by atoms with E-state index in [0.717, 1.165) is 16.6 Å². The molecular formula is C23H24N8O. The van der Waals surface area contributed by atoms with Crippen molar-refractivity contribution in [2.75, 3.05) is 18.5 Å². The minimum atomic E-state index is -0.284. The number of aryl methyl sites for hydroxylation is 1. The van der Waals surface area contributed by atoms with Gasteiger partial charge in [-0.3, -0.25) is 9.36 Å². The lowest BCUT2D eigenvalue weighted by atomic mass is 10.2. The summed E-state index contributed by atoms with van der Waals surface area (Å²) in [7, 11) is 1.84. The van der Waals surface area contributed by atoms with Gasteiger partial charge in [0.15, 0.2) is 5.82 Å². The third-order valence-electron chi connectivity index (χ3n) is 5.06. The number of para-hydroxylation sites is 1. The molecule has 162 valence electrons. The molecule has 32 heavy (non-hydrogen) atoms. The fourth-order valence-corrected chi connectivity index (χ4v) is 3.66. The highest BCUT2D eigenvalue weighted by Crippen LogP contribution is 2.19. The van der Waals surface area contributed by atoms with Crippen LogP contribution in [0.15, 0.2) is 47.5 Å². The van der Waals surface area contributed by atoms with Gasteiger partial charge in [0.2, 0.25) is 5.95 Å². The van der Waals surface area contributed by atoms with Crippen LogP contribution in [-0.2, 0) is 13.1 Å². The highest BCUT2D eigenvalue weighted by molar-refractivity contribution is 5.80. The topological polar surface area (TPSA) is 108 Å². The molecule has 0 aliphatic rings. The first-order chi connectivity index (χ1) is 15.4. The molecule has 1 aromatic carbocycles. The second-order valence-corrected chi connectivity index (χ2v) is 7.52. The molecule has 0 spiro atoms. The maximum atomic E-state index is 13.4. The van der Waals surface area contributed by atoms with E-state index in [0.29, 0.717) is 41.6 Å². The first kappa shape index (κ1) is 21.1. The second-order valence-electron chi connectivity index (χ2n) is 7.52. The van der Waals surface area contributed by atoms with E-state index in [-0.39, 0.29) is 12.1 Å². The molecule has 0 atom stereocenters. The van der Waals surface area contributed by atoms with E-state index >= 15 is 0 Å². The van der Waals surface area contributed by atoms with Gasteiger partial charge < -0.3 is 10.6 Å². The summed E-state index contributed by atoms with van der Waals surface area (Å²) in [6.07, 6.45) is 1.58. The summed E-state index contributed by atoms with van der Waals surface area (Å²) in [4.78, 5) is 29.0. The molecule has 0 aliphatic heterocycles. The Bertz CT molecular complexity index is 1450. The van der Waals surface area contributed by atoms with Gasteiger partial charge in [0, 0.05) is 23.8 Å². The highest BCUT2D eigenvalue weighted by Gasteiger charge is 2.19. The zero-order valence-electron chi connectivity index (χ0n) is 18.3. The fraction of sp³-hybridized carbons (Fsp3) is 0.261. The Morgan fingerprint density at radius 3 is 2.75 bits per heavy atom. The predicted molar refractivity (Wildman–Crippen MR) is 125 cm³/mol. The smallest absolute Gasteiger partial charge is 0.293 e. The number of hydrogen-bond acceptors (Lipinski definition) is 7. The van der Waals surface area contributed by atoms with Crippen molar-refractivity contribution in [1.29, 1.82) is 0 Å². The van der Waals surface area contributed by atoms with Crippen molar-refractivity contribution in [2.45, 2.75) is 26.9 Å². The molecule has 3 heterocycles. The van der Waals surface area contributed by atoms with Crippen LogP contribution in [0.2, 0.25) is 0 Å². The number of nitrogens with two attached hydrogens (primary N) is 1. The maximum absolute atomic E-state index is 13.4. The van der Waals surface area contributed by atoms with Crippen molar-refractivity contribution in [3.63, 3.8) is 0 Å². The van der Waals surface area contributed by atoms with Crippen molar-refractivity contribution in [1.82, 2.24) is 29.3 Å². The molecule has 0 saturated carbocycles. The van der Waals surface area contributed by atoms with Gasteiger partial charge >= 0.3 is 0 Å². The van der Waals surface area contributed by atoms with Crippen LogP contribution >= 0.6 is 0 Å². The molecule has 0 saturated heterocycles. The first-order valence-corrected chi connectivity index (χ1v) is 10.1. The lowest BCUT2D eigenvalue weighted by molar-refractivity contribution is 0.618. The van der Waals surface area contributed by atoms with Crippen LogP contribution < -0.4 is 16.2 Å². The zero-order chi connectivity index (χ0) is 22.8.